The second kappa shape index (κ2) is 66.8. The smallest absolute Gasteiger partial charge is 0.305 e. The number of aliphatic hydroxyl groups is 2. The highest BCUT2D eigenvalue weighted by Crippen LogP contribution is 2.19. The van der Waals surface area contributed by atoms with E-state index in [1.807, 2.05) is 0 Å². The number of amides is 1. The number of unbranched alkanes of at least 4 members (excludes halogenated alkanes) is 51. The molecule has 0 aliphatic heterocycles. The van der Waals surface area contributed by atoms with Crippen LogP contribution >= 0.6 is 0 Å². The molecule has 2 atom stereocenters. The van der Waals surface area contributed by atoms with Crippen LogP contribution in [0.4, 0.5) is 0 Å². The molecule has 1 amide bonds. The van der Waals surface area contributed by atoms with Crippen molar-refractivity contribution < 1.29 is 24.5 Å². The van der Waals surface area contributed by atoms with Gasteiger partial charge in [0.05, 0.1) is 25.4 Å². The van der Waals surface area contributed by atoms with Gasteiger partial charge in [-0.2, -0.15) is 0 Å². The number of ether oxygens (including phenoxy) is 1. The Morgan fingerprint density at radius 1 is 0.364 bits per heavy atom. The minimum Gasteiger partial charge on any atom is -0.466 e. The van der Waals surface area contributed by atoms with Gasteiger partial charge >= 0.3 is 5.97 Å². The third kappa shape index (κ3) is 63.4. The van der Waals surface area contributed by atoms with Crippen molar-refractivity contribution in [3.05, 3.63) is 24.3 Å². The summed E-state index contributed by atoms with van der Waals surface area (Å²) in [6, 6.07) is -0.544. The van der Waals surface area contributed by atoms with Gasteiger partial charge in [-0.25, -0.2) is 0 Å². The Balaban J connectivity index is 3.39. The molecule has 0 aromatic heterocycles. The summed E-state index contributed by atoms with van der Waals surface area (Å²) in [5.41, 5.74) is 0. The highest BCUT2D eigenvalue weighted by atomic mass is 16.5. The van der Waals surface area contributed by atoms with E-state index < -0.39 is 12.1 Å². The summed E-state index contributed by atoms with van der Waals surface area (Å²) in [4.78, 5) is 24.6. The second-order valence-electron chi connectivity index (χ2n) is 24.2. The summed E-state index contributed by atoms with van der Waals surface area (Å²) in [6.45, 7) is 4.99. The molecule has 2 unspecified atom stereocenters. The molecule has 3 N–H and O–H groups in total. The van der Waals surface area contributed by atoms with Crippen LogP contribution in [0.25, 0.3) is 0 Å². The van der Waals surface area contributed by atoms with Gasteiger partial charge in [0.1, 0.15) is 0 Å². The number of carbonyl (C=O) groups is 2. The van der Waals surface area contributed by atoms with Crippen LogP contribution in [0.15, 0.2) is 24.3 Å². The lowest BCUT2D eigenvalue weighted by atomic mass is 10.0. The van der Waals surface area contributed by atoms with Crippen LogP contribution in [0, 0.1) is 0 Å². The topological polar surface area (TPSA) is 95.9 Å². The van der Waals surface area contributed by atoms with Gasteiger partial charge in [0.25, 0.3) is 0 Å². The van der Waals surface area contributed by atoms with E-state index >= 15 is 0 Å². The quantitative estimate of drug-likeness (QED) is 0.0320. The Morgan fingerprint density at radius 2 is 0.649 bits per heavy atom. The van der Waals surface area contributed by atoms with E-state index in [-0.39, 0.29) is 18.5 Å². The van der Waals surface area contributed by atoms with E-state index in [0.717, 1.165) is 44.9 Å². The Bertz CT molecular complexity index is 1200. The van der Waals surface area contributed by atoms with Gasteiger partial charge in [0, 0.05) is 12.8 Å². The third-order valence-electron chi connectivity index (χ3n) is 16.5. The van der Waals surface area contributed by atoms with Crippen LogP contribution in [-0.4, -0.2) is 47.4 Å². The van der Waals surface area contributed by atoms with E-state index in [1.54, 1.807) is 0 Å². The van der Waals surface area contributed by atoms with Gasteiger partial charge < -0.3 is 20.3 Å². The zero-order chi connectivity index (χ0) is 55.7. The lowest BCUT2D eigenvalue weighted by molar-refractivity contribution is -0.143. The molecule has 456 valence electrons. The summed E-state index contributed by atoms with van der Waals surface area (Å²) in [6.07, 6.45) is 83.6. The average molecular weight is 1080 g/mol. The van der Waals surface area contributed by atoms with Gasteiger partial charge in [-0.3, -0.25) is 9.59 Å². The first-order chi connectivity index (χ1) is 38.0. The highest BCUT2D eigenvalue weighted by molar-refractivity contribution is 5.76. The molecule has 0 aromatic rings. The largest absolute Gasteiger partial charge is 0.466 e. The van der Waals surface area contributed by atoms with Crippen molar-refractivity contribution in [2.24, 2.45) is 0 Å². The number of rotatable bonds is 66. The van der Waals surface area contributed by atoms with Crippen LogP contribution in [0.2, 0.25) is 0 Å². The maximum Gasteiger partial charge on any atom is 0.305 e. The molecule has 0 aromatic carbocycles. The monoisotopic (exact) mass is 1080 g/mol. The Morgan fingerprint density at radius 3 is 0.987 bits per heavy atom. The summed E-state index contributed by atoms with van der Waals surface area (Å²) >= 11 is 0. The number of carbonyl (C=O) groups excluding carboxylic acids is 2. The number of esters is 1. The molecular formula is C71H137NO5. The fourth-order valence-corrected chi connectivity index (χ4v) is 11.1. The van der Waals surface area contributed by atoms with Gasteiger partial charge in [-0.15, -0.1) is 0 Å². The third-order valence-corrected chi connectivity index (χ3v) is 16.5. The molecule has 0 saturated carbocycles. The van der Waals surface area contributed by atoms with E-state index in [2.05, 4.69) is 43.5 Å². The second-order valence-corrected chi connectivity index (χ2v) is 24.2. The van der Waals surface area contributed by atoms with Crippen LogP contribution in [-0.2, 0) is 14.3 Å². The first-order valence-corrected chi connectivity index (χ1v) is 35.1. The van der Waals surface area contributed by atoms with E-state index in [9.17, 15) is 19.8 Å². The lowest BCUT2D eigenvalue weighted by Crippen LogP contribution is -2.45. The zero-order valence-electron chi connectivity index (χ0n) is 52.2. The first kappa shape index (κ1) is 75.3. The maximum atomic E-state index is 12.5. The normalized spacial score (nSPS) is 12.6. The molecule has 6 nitrogen and oxygen atoms in total. The Kier molecular flexibility index (Phi) is 65.4. The predicted molar refractivity (Wildman–Crippen MR) is 338 cm³/mol. The van der Waals surface area contributed by atoms with E-state index in [1.165, 1.54) is 315 Å². The lowest BCUT2D eigenvalue weighted by Gasteiger charge is -2.22. The van der Waals surface area contributed by atoms with Crippen molar-refractivity contribution in [2.45, 2.75) is 405 Å². The number of aliphatic hydroxyl groups excluding tert-OH is 2. The number of nitrogens with one attached hydrogen (secondary N) is 1. The van der Waals surface area contributed by atoms with Crippen molar-refractivity contribution >= 4 is 11.9 Å². The van der Waals surface area contributed by atoms with Gasteiger partial charge in [0.2, 0.25) is 5.91 Å². The highest BCUT2D eigenvalue weighted by Gasteiger charge is 2.20. The number of hydrogen-bond acceptors (Lipinski definition) is 5. The summed E-state index contributed by atoms with van der Waals surface area (Å²) in [5.74, 6) is -0.0197. The minimum absolute atomic E-state index is 0.0158. The van der Waals surface area contributed by atoms with Gasteiger partial charge in [0.15, 0.2) is 0 Å². The fraction of sp³-hybridized carbons (Fsp3) is 0.915. The molecule has 0 radical (unpaired) electrons. The first-order valence-electron chi connectivity index (χ1n) is 35.1. The van der Waals surface area contributed by atoms with Gasteiger partial charge in [-0.05, 0) is 57.8 Å². The molecule has 0 fully saturated rings. The molecule has 0 bridgehead atoms. The number of allylic oxidation sites excluding steroid dienone is 4. The molecule has 77 heavy (non-hydrogen) atoms. The Labute approximate surface area is 481 Å². The van der Waals surface area contributed by atoms with Crippen LogP contribution < -0.4 is 5.32 Å². The molecule has 0 heterocycles. The summed E-state index contributed by atoms with van der Waals surface area (Å²) < 4.78 is 5.50. The predicted octanol–water partition coefficient (Wildman–Crippen LogP) is 22.5. The summed E-state index contributed by atoms with van der Waals surface area (Å²) in [5, 5.41) is 23.3. The van der Waals surface area contributed by atoms with Gasteiger partial charge in [-0.1, -0.05) is 346 Å². The molecular weight excluding hydrogens is 947 g/mol. The molecule has 6 heteroatoms. The van der Waals surface area contributed by atoms with Crippen molar-refractivity contribution in [1.29, 1.82) is 0 Å². The number of hydrogen-bond donors (Lipinski definition) is 3. The summed E-state index contributed by atoms with van der Waals surface area (Å²) in [7, 11) is 0. The molecule has 0 rings (SSSR count). The van der Waals surface area contributed by atoms with Crippen molar-refractivity contribution in [3.8, 4) is 0 Å². The Hall–Kier alpha value is -1.66. The average Bonchev–Trinajstić information content (AvgIpc) is 3.43. The molecule has 0 spiro atoms. The van der Waals surface area contributed by atoms with Crippen molar-refractivity contribution in [3.63, 3.8) is 0 Å². The SMILES string of the molecule is CCCCCCCCCCCCCCCCCCCCC(=O)OCCCCCCCCCCC/C=C\C/C=C\CCCCCCCCCCCCCC(=O)NC(CO)C(O)CCCCCCCCCCCCCCCCC. The van der Waals surface area contributed by atoms with Crippen molar-refractivity contribution in [2.75, 3.05) is 13.2 Å². The van der Waals surface area contributed by atoms with Crippen LogP contribution in [0.3, 0.4) is 0 Å². The minimum atomic E-state index is -0.666. The standard InChI is InChI=1S/C71H137NO5/c1-3-5-7-9-11-13-15-17-19-20-33-37-41-45-49-53-57-61-65-71(76)77-66-62-58-54-50-46-42-38-34-31-29-27-25-23-21-22-24-26-28-30-32-36-40-44-48-52-56-60-64-70(75)72-68(67-73)69(74)63-59-55-51-47-43-39-35-18-16-14-12-10-8-6-4-2/h21-22,25,27,68-69,73-74H,3-20,23-24,26,28-67H2,1-2H3,(H,72,75)/b22-21-,27-25-. The molecule has 0 aliphatic carbocycles. The molecule has 0 aliphatic rings. The van der Waals surface area contributed by atoms with E-state index in [4.69, 9.17) is 4.74 Å². The van der Waals surface area contributed by atoms with Crippen molar-refractivity contribution in [1.82, 2.24) is 5.32 Å². The maximum absolute atomic E-state index is 12.5. The van der Waals surface area contributed by atoms with Crippen LogP contribution in [0.1, 0.15) is 393 Å². The molecule has 0 saturated heterocycles. The van der Waals surface area contributed by atoms with Crippen LogP contribution in [0.5, 0.6) is 0 Å². The zero-order valence-corrected chi connectivity index (χ0v) is 52.2. The van der Waals surface area contributed by atoms with E-state index in [0.29, 0.717) is 25.9 Å². The fourth-order valence-electron chi connectivity index (χ4n) is 11.1.